The Morgan fingerprint density at radius 2 is 1.80 bits per heavy atom. The first kappa shape index (κ1) is 14.2. The van der Waals surface area contributed by atoms with Gasteiger partial charge in [-0.25, -0.2) is 13.8 Å². The maximum atomic E-state index is 13.6. The lowest BCUT2D eigenvalue weighted by Crippen LogP contribution is -2.08. The third-order valence-corrected chi connectivity index (χ3v) is 2.64. The first-order chi connectivity index (χ1) is 9.32. The summed E-state index contributed by atoms with van der Waals surface area (Å²) in [6, 6.07) is 4.72. The van der Waals surface area contributed by atoms with Gasteiger partial charge in [0, 0.05) is 12.6 Å². The first-order valence-corrected chi connectivity index (χ1v) is 5.54. The van der Waals surface area contributed by atoms with Gasteiger partial charge in [0.1, 0.15) is 5.82 Å². The number of alkyl halides is 3. The highest BCUT2D eigenvalue weighted by Gasteiger charge is 2.32. The standard InChI is InChI=1S/C13H9F5N2/c1-19-11-6-7(13(16,17)18)5-10(20-11)8-3-2-4-9(14)12(8)15/h2-6H,1H3,(H,19,20). The smallest absolute Gasteiger partial charge is 0.373 e. The van der Waals surface area contributed by atoms with Crippen LogP contribution in [0, 0.1) is 11.6 Å². The Labute approximate surface area is 111 Å². The summed E-state index contributed by atoms with van der Waals surface area (Å²) in [5, 5.41) is 2.46. The molecule has 1 aromatic heterocycles. The number of rotatable bonds is 2. The van der Waals surface area contributed by atoms with Crippen LogP contribution in [0.15, 0.2) is 30.3 Å². The summed E-state index contributed by atoms with van der Waals surface area (Å²) in [7, 11) is 1.38. The number of hydrogen-bond acceptors (Lipinski definition) is 2. The minimum atomic E-state index is -4.60. The molecular weight excluding hydrogens is 279 g/mol. The molecule has 0 amide bonds. The second-order valence-corrected chi connectivity index (χ2v) is 3.98. The largest absolute Gasteiger partial charge is 0.416 e. The van der Waals surface area contributed by atoms with Gasteiger partial charge in [-0.2, -0.15) is 13.2 Å². The average Bonchev–Trinajstić information content (AvgIpc) is 2.40. The lowest BCUT2D eigenvalue weighted by molar-refractivity contribution is -0.137. The summed E-state index contributed by atoms with van der Waals surface area (Å²) in [5.41, 5.74) is -1.61. The van der Waals surface area contributed by atoms with E-state index in [1.54, 1.807) is 0 Å². The molecule has 2 nitrogen and oxygen atoms in total. The molecule has 2 rings (SSSR count). The number of anilines is 1. The molecule has 0 aliphatic rings. The van der Waals surface area contributed by atoms with Gasteiger partial charge in [-0.1, -0.05) is 6.07 Å². The average molecular weight is 288 g/mol. The summed E-state index contributed by atoms with van der Waals surface area (Å²) in [5.74, 6) is -2.47. The van der Waals surface area contributed by atoms with E-state index >= 15 is 0 Å². The van der Waals surface area contributed by atoms with Crippen LogP contribution in [0.5, 0.6) is 0 Å². The van der Waals surface area contributed by atoms with E-state index in [0.717, 1.165) is 12.1 Å². The van der Waals surface area contributed by atoms with E-state index in [0.29, 0.717) is 6.07 Å². The highest BCUT2D eigenvalue weighted by atomic mass is 19.4. The molecule has 106 valence electrons. The van der Waals surface area contributed by atoms with E-state index < -0.39 is 23.4 Å². The number of halogens is 5. The second-order valence-electron chi connectivity index (χ2n) is 3.98. The fourth-order valence-electron chi connectivity index (χ4n) is 1.66. The predicted molar refractivity (Wildman–Crippen MR) is 64.1 cm³/mol. The van der Waals surface area contributed by atoms with Gasteiger partial charge in [-0.3, -0.25) is 0 Å². The van der Waals surface area contributed by atoms with Gasteiger partial charge in [0.2, 0.25) is 0 Å². The Morgan fingerprint density at radius 1 is 1.10 bits per heavy atom. The van der Waals surface area contributed by atoms with Gasteiger partial charge in [0.15, 0.2) is 11.6 Å². The molecular formula is C13H9F5N2. The number of nitrogens with one attached hydrogen (secondary N) is 1. The van der Waals surface area contributed by atoms with Crippen LogP contribution in [-0.2, 0) is 6.18 Å². The highest BCUT2D eigenvalue weighted by molar-refractivity contribution is 5.63. The topological polar surface area (TPSA) is 24.9 Å². The van der Waals surface area contributed by atoms with E-state index in [9.17, 15) is 22.0 Å². The second kappa shape index (κ2) is 5.07. The third kappa shape index (κ3) is 2.71. The van der Waals surface area contributed by atoms with Crippen LogP contribution in [-0.4, -0.2) is 12.0 Å². The normalized spacial score (nSPS) is 11.5. The molecule has 1 aromatic carbocycles. The lowest BCUT2D eigenvalue weighted by Gasteiger charge is -2.12. The van der Waals surface area contributed by atoms with Gasteiger partial charge in [0.25, 0.3) is 0 Å². The van der Waals surface area contributed by atoms with Gasteiger partial charge >= 0.3 is 6.18 Å². The van der Waals surface area contributed by atoms with Crippen molar-refractivity contribution in [1.82, 2.24) is 4.98 Å². The molecule has 0 aliphatic carbocycles. The summed E-state index contributed by atoms with van der Waals surface area (Å²) in [4.78, 5) is 3.82. The van der Waals surface area contributed by atoms with E-state index in [2.05, 4.69) is 10.3 Å². The van der Waals surface area contributed by atoms with E-state index in [4.69, 9.17) is 0 Å². The van der Waals surface area contributed by atoms with Crippen LogP contribution in [0.4, 0.5) is 27.8 Å². The van der Waals surface area contributed by atoms with Crippen LogP contribution in [0.3, 0.4) is 0 Å². The van der Waals surface area contributed by atoms with Crippen molar-refractivity contribution in [3.05, 3.63) is 47.5 Å². The van der Waals surface area contributed by atoms with Crippen molar-refractivity contribution in [2.45, 2.75) is 6.18 Å². The van der Waals surface area contributed by atoms with Gasteiger partial charge in [-0.15, -0.1) is 0 Å². The van der Waals surface area contributed by atoms with Gasteiger partial charge in [-0.05, 0) is 24.3 Å². The Hall–Kier alpha value is -2.18. The van der Waals surface area contributed by atoms with Gasteiger partial charge in [0.05, 0.1) is 11.3 Å². The molecule has 0 saturated carbocycles. The number of nitrogens with zero attached hydrogens (tertiary/aromatic N) is 1. The number of benzene rings is 1. The Kier molecular flexibility index (Phi) is 3.61. The van der Waals surface area contributed by atoms with Crippen molar-refractivity contribution in [2.75, 3.05) is 12.4 Å². The monoisotopic (exact) mass is 288 g/mol. The van der Waals surface area contributed by atoms with E-state index in [1.807, 2.05) is 0 Å². The van der Waals surface area contributed by atoms with Crippen molar-refractivity contribution < 1.29 is 22.0 Å². The Morgan fingerprint density at radius 3 is 2.40 bits per heavy atom. The first-order valence-electron chi connectivity index (χ1n) is 5.54. The van der Waals surface area contributed by atoms with Crippen molar-refractivity contribution in [3.8, 4) is 11.3 Å². The van der Waals surface area contributed by atoms with E-state index in [1.165, 1.54) is 19.2 Å². The number of aromatic nitrogens is 1. The SMILES string of the molecule is CNc1cc(C(F)(F)F)cc(-c2cccc(F)c2F)n1. The zero-order chi connectivity index (χ0) is 14.9. The van der Waals surface area contributed by atoms with Gasteiger partial charge < -0.3 is 5.32 Å². The molecule has 0 aliphatic heterocycles. The third-order valence-electron chi connectivity index (χ3n) is 2.64. The minimum Gasteiger partial charge on any atom is -0.373 e. The molecule has 0 spiro atoms. The van der Waals surface area contributed by atoms with Crippen LogP contribution < -0.4 is 5.32 Å². The maximum absolute atomic E-state index is 13.6. The molecule has 7 heteroatoms. The molecule has 2 aromatic rings. The molecule has 0 atom stereocenters. The zero-order valence-corrected chi connectivity index (χ0v) is 10.2. The number of hydrogen-bond donors (Lipinski definition) is 1. The van der Waals surface area contributed by atoms with Crippen molar-refractivity contribution in [3.63, 3.8) is 0 Å². The van der Waals surface area contributed by atoms with Crippen LogP contribution in [0.2, 0.25) is 0 Å². The zero-order valence-electron chi connectivity index (χ0n) is 10.2. The van der Waals surface area contributed by atoms with Crippen LogP contribution in [0.25, 0.3) is 11.3 Å². The fraction of sp³-hybridized carbons (Fsp3) is 0.154. The van der Waals surface area contributed by atoms with Crippen molar-refractivity contribution in [1.29, 1.82) is 0 Å². The van der Waals surface area contributed by atoms with Crippen LogP contribution in [0.1, 0.15) is 5.56 Å². The molecule has 0 radical (unpaired) electrons. The lowest BCUT2D eigenvalue weighted by atomic mass is 10.1. The minimum absolute atomic E-state index is 0.0847. The molecule has 0 saturated heterocycles. The fourth-order valence-corrected chi connectivity index (χ4v) is 1.66. The Bertz CT molecular complexity index is 637. The van der Waals surface area contributed by atoms with E-state index in [-0.39, 0.29) is 17.1 Å². The molecule has 0 unspecified atom stereocenters. The van der Waals surface area contributed by atoms with Crippen molar-refractivity contribution in [2.24, 2.45) is 0 Å². The quantitative estimate of drug-likeness (QED) is 0.842. The predicted octanol–water partition coefficient (Wildman–Crippen LogP) is 4.09. The summed E-state index contributed by atoms with van der Waals surface area (Å²) < 4.78 is 65.0. The van der Waals surface area contributed by atoms with Crippen molar-refractivity contribution >= 4 is 5.82 Å². The van der Waals surface area contributed by atoms with Crippen LogP contribution >= 0.6 is 0 Å². The molecule has 0 bridgehead atoms. The molecule has 1 heterocycles. The molecule has 20 heavy (non-hydrogen) atoms. The maximum Gasteiger partial charge on any atom is 0.416 e. The summed E-state index contributed by atoms with van der Waals surface area (Å²) in [6.07, 6.45) is -4.60. The molecule has 0 fully saturated rings. The highest BCUT2D eigenvalue weighted by Crippen LogP contribution is 2.34. The summed E-state index contributed by atoms with van der Waals surface area (Å²) in [6.45, 7) is 0. The summed E-state index contributed by atoms with van der Waals surface area (Å²) >= 11 is 0. The molecule has 1 N–H and O–H groups in total. The number of pyridine rings is 1. The Balaban J connectivity index is 2.65.